The van der Waals surface area contributed by atoms with Gasteiger partial charge < -0.3 is 9.80 Å². The van der Waals surface area contributed by atoms with Gasteiger partial charge in [0.25, 0.3) is 0 Å². The van der Waals surface area contributed by atoms with Gasteiger partial charge in [0, 0.05) is 24.0 Å². The average molecular weight is 304 g/mol. The molecule has 1 atom stereocenters. The molecule has 0 bridgehead atoms. The smallest absolute Gasteiger partial charge is 0.242 e. The lowest BCUT2D eigenvalue weighted by atomic mass is 10.2. The first kappa shape index (κ1) is 14.4. The van der Waals surface area contributed by atoms with Gasteiger partial charge in [-0.2, -0.15) is 11.8 Å². The average Bonchev–Trinajstić information content (AvgIpc) is 3.05. The van der Waals surface area contributed by atoms with Gasteiger partial charge in [-0.05, 0) is 30.7 Å². The molecule has 112 valence electrons. The number of amides is 2. The summed E-state index contributed by atoms with van der Waals surface area (Å²) >= 11 is 1.78. The number of nitrogens with zero attached hydrogens (tertiary/aromatic N) is 2. The second-order valence-corrected chi connectivity index (χ2v) is 6.53. The lowest BCUT2D eigenvalue weighted by Crippen LogP contribution is -2.44. The van der Waals surface area contributed by atoms with Crippen molar-refractivity contribution >= 4 is 29.3 Å². The number of thioether (sulfide) groups is 1. The third-order valence-electron chi connectivity index (χ3n) is 4.28. The van der Waals surface area contributed by atoms with E-state index < -0.39 is 0 Å². The van der Waals surface area contributed by atoms with E-state index >= 15 is 0 Å². The van der Waals surface area contributed by atoms with Crippen LogP contribution in [0.15, 0.2) is 24.3 Å². The van der Waals surface area contributed by atoms with Crippen molar-refractivity contribution in [2.75, 3.05) is 30.0 Å². The van der Waals surface area contributed by atoms with E-state index in [2.05, 4.69) is 6.26 Å². The van der Waals surface area contributed by atoms with E-state index in [1.54, 1.807) is 16.7 Å². The summed E-state index contributed by atoms with van der Waals surface area (Å²) in [5.74, 6) is 1.10. The minimum atomic E-state index is 0.0326. The fourth-order valence-corrected chi connectivity index (χ4v) is 3.98. The van der Waals surface area contributed by atoms with E-state index in [0.717, 1.165) is 36.4 Å². The van der Waals surface area contributed by atoms with E-state index in [-0.39, 0.29) is 18.4 Å². The number of anilines is 1. The van der Waals surface area contributed by atoms with Gasteiger partial charge in [-0.1, -0.05) is 18.2 Å². The van der Waals surface area contributed by atoms with Crippen LogP contribution in [0.5, 0.6) is 0 Å². The highest BCUT2D eigenvalue weighted by atomic mass is 32.2. The molecule has 21 heavy (non-hydrogen) atoms. The quantitative estimate of drug-likeness (QED) is 0.853. The normalized spacial score (nSPS) is 21.0. The van der Waals surface area contributed by atoms with Crippen molar-refractivity contribution in [2.45, 2.75) is 25.3 Å². The summed E-state index contributed by atoms with van der Waals surface area (Å²) in [6, 6.07) is 8.08. The molecule has 0 aliphatic carbocycles. The largest absolute Gasteiger partial charge is 0.337 e. The molecular formula is C16H20N2O2S. The lowest BCUT2D eigenvalue weighted by molar-refractivity contribution is -0.131. The zero-order chi connectivity index (χ0) is 14.8. The van der Waals surface area contributed by atoms with Crippen molar-refractivity contribution in [3.8, 4) is 0 Å². The van der Waals surface area contributed by atoms with Crippen LogP contribution in [0.3, 0.4) is 0 Å². The molecule has 0 saturated carbocycles. The van der Waals surface area contributed by atoms with E-state index in [1.807, 2.05) is 29.2 Å². The molecule has 1 saturated heterocycles. The Kier molecular flexibility index (Phi) is 4.19. The van der Waals surface area contributed by atoms with Crippen LogP contribution in [-0.4, -0.2) is 47.9 Å². The maximum Gasteiger partial charge on any atom is 0.242 e. The molecular weight excluding hydrogens is 284 g/mol. The molecule has 1 unspecified atom stereocenters. The first-order valence-corrected chi connectivity index (χ1v) is 8.77. The number of likely N-dealkylation sites (tertiary alicyclic amines) is 1. The molecule has 0 N–H and O–H groups in total. The number of hydrogen-bond acceptors (Lipinski definition) is 3. The number of carbonyl (C=O) groups is 2. The third-order valence-corrected chi connectivity index (χ3v) is 4.99. The van der Waals surface area contributed by atoms with Crippen molar-refractivity contribution in [1.29, 1.82) is 0 Å². The van der Waals surface area contributed by atoms with Crippen LogP contribution in [-0.2, 0) is 16.0 Å². The number of para-hydroxylation sites is 1. The van der Waals surface area contributed by atoms with Gasteiger partial charge in [0.05, 0.1) is 6.42 Å². The van der Waals surface area contributed by atoms with Crippen molar-refractivity contribution < 1.29 is 9.59 Å². The van der Waals surface area contributed by atoms with Crippen molar-refractivity contribution in [3.63, 3.8) is 0 Å². The van der Waals surface area contributed by atoms with E-state index in [1.165, 1.54) is 0 Å². The Bertz CT molecular complexity index is 561. The molecule has 5 heteroatoms. The molecule has 2 aliphatic rings. The Hall–Kier alpha value is -1.49. The summed E-state index contributed by atoms with van der Waals surface area (Å²) in [7, 11) is 0. The summed E-state index contributed by atoms with van der Waals surface area (Å²) in [5, 5.41) is 0. The minimum Gasteiger partial charge on any atom is -0.337 e. The van der Waals surface area contributed by atoms with Crippen LogP contribution in [0.1, 0.15) is 18.4 Å². The maximum atomic E-state index is 12.6. The highest BCUT2D eigenvalue weighted by molar-refractivity contribution is 7.98. The standard InChI is InChI=1S/C16H20N2O2S/c1-21-11-13-6-4-8-17(13)16(20)10-18-14-7-3-2-5-12(14)9-15(18)19/h2-3,5,7,13H,4,6,8-11H2,1H3. The van der Waals surface area contributed by atoms with Crippen LogP contribution in [0.4, 0.5) is 5.69 Å². The second kappa shape index (κ2) is 6.10. The van der Waals surface area contributed by atoms with Gasteiger partial charge in [0.15, 0.2) is 0 Å². The SMILES string of the molecule is CSCC1CCCN1C(=O)CN1C(=O)Cc2ccccc21. The molecule has 1 aromatic carbocycles. The van der Waals surface area contributed by atoms with Crippen LogP contribution in [0, 0.1) is 0 Å². The molecule has 4 nitrogen and oxygen atoms in total. The zero-order valence-electron chi connectivity index (χ0n) is 12.2. The molecule has 2 heterocycles. The van der Waals surface area contributed by atoms with Crippen LogP contribution in [0.25, 0.3) is 0 Å². The zero-order valence-corrected chi connectivity index (χ0v) is 13.1. The first-order chi connectivity index (χ1) is 10.2. The number of hydrogen-bond donors (Lipinski definition) is 0. The molecule has 0 radical (unpaired) electrons. The third kappa shape index (κ3) is 2.79. The second-order valence-electron chi connectivity index (χ2n) is 5.62. The number of benzene rings is 1. The molecule has 1 fully saturated rings. The summed E-state index contributed by atoms with van der Waals surface area (Å²) < 4.78 is 0. The molecule has 2 aliphatic heterocycles. The van der Waals surface area contributed by atoms with Gasteiger partial charge >= 0.3 is 0 Å². The molecule has 1 aromatic rings. The maximum absolute atomic E-state index is 12.6. The molecule has 0 spiro atoms. The number of carbonyl (C=O) groups excluding carboxylic acids is 2. The van der Waals surface area contributed by atoms with Gasteiger partial charge in [-0.3, -0.25) is 9.59 Å². The van der Waals surface area contributed by atoms with Crippen molar-refractivity contribution in [2.24, 2.45) is 0 Å². The predicted molar refractivity (Wildman–Crippen MR) is 85.6 cm³/mol. The highest BCUT2D eigenvalue weighted by Crippen LogP contribution is 2.29. The van der Waals surface area contributed by atoms with Crippen LogP contribution in [0.2, 0.25) is 0 Å². The Balaban J connectivity index is 1.72. The van der Waals surface area contributed by atoms with Crippen LogP contribution >= 0.6 is 11.8 Å². The Labute approximate surface area is 129 Å². The minimum absolute atomic E-state index is 0.0326. The highest BCUT2D eigenvalue weighted by Gasteiger charge is 2.33. The van der Waals surface area contributed by atoms with Gasteiger partial charge in [-0.15, -0.1) is 0 Å². The lowest BCUT2D eigenvalue weighted by Gasteiger charge is -2.27. The molecule has 2 amide bonds. The summed E-state index contributed by atoms with van der Waals surface area (Å²) in [4.78, 5) is 28.3. The van der Waals surface area contributed by atoms with Crippen molar-refractivity contribution in [3.05, 3.63) is 29.8 Å². The molecule has 3 rings (SSSR count). The van der Waals surface area contributed by atoms with Gasteiger partial charge in [0.1, 0.15) is 6.54 Å². The number of rotatable bonds is 4. The summed E-state index contributed by atoms with van der Waals surface area (Å²) in [6.45, 7) is 1.01. The topological polar surface area (TPSA) is 40.6 Å². The van der Waals surface area contributed by atoms with E-state index in [9.17, 15) is 9.59 Å². The fraction of sp³-hybridized carbons (Fsp3) is 0.500. The molecule has 0 aromatic heterocycles. The Morgan fingerprint density at radius 3 is 3.00 bits per heavy atom. The van der Waals surface area contributed by atoms with Crippen molar-refractivity contribution in [1.82, 2.24) is 4.90 Å². The van der Waals surface area contributed by atoms with Crippen LogP contribution < -0.4 is 4.90 Å². The Morgan fingerprint density at radius 2 is 2.19 bits per heavy atom. The monoisotopic (exact) mass is 304 g/mol. The number of fused-ring (bicyclic) bond motifs is 1. The van der Waals surface area contributed by atoms with Gasteiger partial charge in [0.2, 0.25) is 11.8 Å². The van der Waals surface area contributed by atoms with E-state index in [4.69, 9.17) is 0 Å². The summed E-state index contributed by atoms with van der Waals surface area (Å²) in [5.41, 5.74) is 1.92. The first-order valence-electron chi connectivity index (χ1n) is 7.37. The Morgan fingerprint density at radius 1 is 1.38 bits per heavy atom. The van der Waals surface area contributed by atoms with E-state index in [0.29, 0.717) is 12.5 Å². The predicted octanol–water partition coefficient (Wildman–Crippen LogP) is 1.93. The summed E-state index contributed by atoms with van der Waals surface area (Å²) in [6.07, 6.45) is 4.64. The fourth-order valence-electron chi connectivity index (χ4n) is 3.25. The van der Waals surface area contributed by atoms with Gasteiger partial charge in [-0.25, -0.2) is 0 Å².